The molecule has 2 aromatic heterocycles. The van der Waals surface area contributed by atoms with Crippen molar-refractivity contribution in [2.24, 2.45) is 56.7 Å². The Balaban J connectivity index is 1.14. The third-order valence-electron chi connectivity index (χ3n) is 15.8. The van der Waals surface area contributed by atoms with Gasteiger partial charge in [-0.05, 0) is 141 Å². The summed E-state index contributed by atoms with van der Waals surface area (Å²) in [5, 5.41) is 0. The van der Waals surface area contributed by atoms with E-state index in [0.717, 1.165) is 32.1 Å². The van der Waals surface area contributed by atoms with Crippen LogP contribution in [-0.4, -0.2) is 34.6 Å². The third kappa shape index (κ3) is 4.93. The second-order valence-electron chi connectivity index (χ2n) is 17.9. The quantitative estimate of drug-likeness (QED) is 0.229. The highest BCUT2D eigenvalue weighted by Crippen LogP contribution is 2.77. The zero-order valence-electron chi connectivity index (χ0n) is 30.1. The Morgan fingerprint density at radius 3 is 2.04 bits per heavy atom. The van der Waals surface area contributed by atoms with Crippen LogP contribution in [0.15, 0.2) is 61.2 Å². The lowest BCUT2D eigenvalue weighted by atomic mass is 9.32. The van der Waals surface area contributed by atoms with Crippen LogP contribution in [0.25, 0.3) is 0 Å². The first-order valence-corrected chi connectivity index (χ1v) is 18.6. The zero-order valence-corrected chi connectivity index (χ0v) is 30.1. The molecule has 5 fully saturated rings. The van der Waals surface area contributed by atoms with Gasteiger partial charge in [-0.25, -0.2) is 9.59 Å². The molecule has 2 aromatic rings. The first-order chi connectivity index (χ1) is 22.8. The van der Waals surface area contributed by atoms with Gasteiger partial charge in [0, 0.05) is 35.6 Å². The Morgan fingerprint density at radius 1 is 0.750 bits per heavy atom. The molecule has 0 N–H and O–H groups in total. The molecule has 48 heavy (non-hydrogen) atoms. The van der Waals surface area contributed by atoms with Crippen LogP contribution in [0.5, 0.6) is 0 Å². The summed E-state index contributed by atoms with van der Waals surface area (Å²) in [6.45, 7) is 19.9. The summed E-state index contributed by atoms with van der Waals surface area (Å²) in [7, 11) is 0. The molecule has 0 aromatic carbocycles. The number of rotatable bonds is 6. The fourth-order valence-corrected chi connectivity index (χ4v) is 13.2. The second kappa shape index (κ2) is 11.8. The standard InChI is InChI=1S/C42H56N2O4/c1-27(2)30-10-19-42(26-47-36(45)28-13-22-43-23-14-28)21-20-40(6)31(35(30)42)8-9-33-39(5)17-12-34(48-37(46)29-15-24-44-25-16-29)38(3,4)32(39)11-18-41(33,40)7/h13-16,22-25,30-35H,1,8-12,17-21,26H2,2-7H3/t30-,31+,32+,33+,34-,35-,39-,40+,41+,42+/m0/s1. The predicted octanol–water partition coefficient (Wildman–Crippen LogP) is 9.52. The molecule has 0 unspecified atom stereocenters. The van der Waals surface area contributed by atoms with Crippen LogP contribution in [0.3, 0.4) is 0 Å². The molecule has 0 spiro atoms. The van der Waals surface area contributed by atoms with E-state index in [4.69, 9.17) is 9.47 Å². The topological polar surface area (TPSA) is 78.4 Å². The van der Waals surface area contributed by atoms with Gasteiger partial charge in [0.25, 0.3) is 0 Å². The lowest BCUT2D eigenvalue weighted by Gasteiger charge is -2.73. The molecule has 6 nitrogen and oxygen atoms in total. The minimum absolute atomic E-state index is 0.0134. The minimum Gasteiger partial charge on any atom is -0.461 e. The van der Waals surface area contributed by atoms with Crippen molar-refractivity contribution >= 4 is 11.9 Å². The van der Waals surface area contributed by atoms with Gasteiger partial charge in [0.05, 0.1) is 17.7 Å². The van der Waals surface area contributed by atoms with Gasteiger partial charge in [-0.2, -0.15) is 0 Å². The third-order valence-corrected chi connectivity index (χ3v) is 15.8. The van der Waals surface area contributed by atoms with Gasteiger partial charge in [-0.15, -0.1) is 0 Å². The molecular weight excluding hydrogens is 596 g/mol. The highest BCUT2D eigenvalue weighted by atomic mass is 16.5. The maximum Gasteiger partial charge on any atom is 0.338 e. The summed E-state index contributed by atoms with van der Waals surface area (Å²) in [6.07, 6.45) is 18.0. The number of allylic oxidation sites excluding steroid dienone is 1. The van der Waals surface area contributed by atoms with Crippen molar-refractivity contribution < 1.29 is 19.1 Å². The number of carbonyl (C=O) groups is 2. The average molecular weight is 653 g/mol. The number of hydrogen-bond donors (Lipinski definition) is 0. The maximum atomic E-state index is 13.2. The van der Waals surface area contributed by atoms with Crippen LogP contribution in [0, 0.1) is 56.7 Å². The van der Waals surface area contributed by atoms with Crippen LogP contribution >= 0.6 is 0 Å². The number of esters is 2. The molecule has 0 saturated heterocycles. The summed E-state index contributed by atoms with van der Waals surface area (Å²) in [6, 6.07) is 7.00. The van der Waals surface area contributed by atoms with Crippen molar-refractivity contribution in [3.8, 4) is 0 Å². The number of carbonyl (C=O) groups excluding carboxylic acids is 2. The number of ether oxygens (including phenoxy) is 2. The lowest BCUT2D eigenvalue weighted by molar-refractivity contribution is -0.249. The Kier molecular flexibility index (Phi) is 8.23. The zero-order chi connectivity index (χ0) is 34.1. The monoisotopic (exact) mass is 652 g/mol. The molecular formula is C42H56N2O4. The number of pyridine rings is 2. The molecule has 6 heteroatoms. The molecule has 10 atom stereocenters. The Labute approximate surface area is 287 Å². The fraction of sp³-hybridized carbons (Fsp3) is 0.667. The maximum absolute atomic E-state index is 13.2. The Hall–Kier alpha value is -3.02. The molecule has 2 heterocycles. The van der Waals surface area contributed by atoms with Crippen LogP contribution in [0.2, 0.25) is 0 Å². The van der Waals surface area contributed by atoms with E-state index in [1.54, 1.807) is 49.1 Å². The summed E-state index contributed by atoms with van der Waals surface area (Å²) in [4.78, 5) is 34.5. The van der Waals surface area contributed by atoms with E-state index in [9.17, 15) is 9.59 Å². The van der Waals surface area contributed by atoms with Gasteiger partial charge in [0.1, 0.15) is 6.10 Å². The van der Waals surface area contributed by atoms with Crippen LogP contribution in [0.1, 0.15) is 126 Å². The van der Waals surface area contributed by atoms with Gasteiger partial charge in [-0.1, -0.05) is 46.8 Å². The van der Waals surface area contributed by atoms with E-state index >= 15 is 0 Å². The molecule has 0 aliphatic heterocycles. The van der Waals surface area contributed by atoms with Crippen molar-refractivity contribution in [2.75, 3.05) is 6.61 Å². The first kappa shape index (κ1) is 33.5. The van der Waals surface area contributed by atoms with E-state index in [1.165, 1.54) is 37.7 Å². The molecule has 258 valence electrons. The predicted molar refractivity (Wildman–Crippen MR) is 187 cm³/mol. The van der Waals surface area contributed by atoms with E-state index in [2.05, 4.69) is 58.1 Å². The smallest absolute Gasteiger partial charge is 0.338 e. The minimum atomic E-state index is -0.232. The van der Waals surface area contributed by atoms with Crippen molar-refractivity contribution in [1.82, 2.24) is 9.97 Å². The average Bonchev–Trinajstić information content (AvgIpc) is 3.46. The van der Waals surface area contributed by atoms with Gasteiger partial charge >= 0.3 is 11.9 Å². The van der Waals surface area contributed by atoms with Gasteiger partial charge in [0.15, 0.2) is 0 Å². The van der Waals surface area contributed by atoms with Crippen LogP contribution in [0.4, 0.5) is 0 Å². The molecule has 5 aliphatic rings. The summed E-state index contributed by atoms with van der Waals surface area (Å²) < 4.78 is 12.5. The highest BCUT2D eigenvalue weighted by Gasteiger charge is 2.71. The largest absolute Gasteiger partial charge is 0.461 e. The van der Waals surface area contributed by atoms with E-state index in [0.29, 0.717) is 47.3 Å². The second-order valence-corrected chi connectivity index (χ2v) is 17.9. The summed E-state index contributed by atoms with van der Waals surface area (Å²) in [5.41, 5.74) is 3.00. The first-order valence-electron chi connectivity index (χ1n) is 18.6. The van der Waals surface area contributed by atoms with Crippen molar-refractivity contribution in [3.05, 3.63) is 72.3 Å². The molecule has 0 amide bonds. The van der Waals surface area contributed by atoms with Gasteiger partial charge in [-0.3, -0.25) is 9.97 Å². The van der Waals surface area contributed by atoms with Crippen molar-refractivity contribution in [1.29, 1.82) is 0 Å². The summed E-state index contributed by atoms with van der Waals surface area (Å²) in [5.74, 6) is 2.22. The number of aromatic nitrogens is 2. The molecule has 0 bridgehead atoms. The highest BCUT2D eigenvalue weighted by molar-refractivity contribution is 5.89. The number of hydrogen-bond acceptors (Lipinski definition) is 6. The van der Waals surface area contributed by atoms with Crippen LogP contribution < -0.4 is 0 Å². The Morgan fingerprint density at radius 2 is 1.40 bits per heavy atom. The van der Waals surface area contributed by atoms with Crippen molar-refractivity contribution in [2.45, 2.75) is 112 Å². The lowest BCUT2D eigenvalue weighted by Crippen LogP contribution is -2.67. The van der Waals surface area contributed by atoms with Crippen LogP contribution in [-0.2, 0) is 9.47 Å². The summed E-state index contributed by atoms with van der Waals surface area (Å²) >= 11 is 0. The fourth-order valence-electron chi connectivity index (χ4n) is 13.2. The van der Waals surface area contributed by atoms with E-state index in [-0.39, 0.29) is 45.1 Å². The molecule has 5 saturated carbocycles. The van der Waals surface area contributed by atoms with E-state index in [1.807, 2.05) is 0 Å². The molecule has 7 rings (SSSR count). The molecule has 5 aliphatic carbocycles. The van der Waals surface area contributed by atoms with Gasteiger partial charge in [0.2, 0.25) is 0 Å². The number of nitrogens with zero attached hydrogens (tertiary/aromatic N) is 2. The van der Waals surface area contributed by atoms with Crippen molar-refractivity contribution in [3.63, 3.8) is 0 Å². The Bertz CT molecular complexity index is 1560. The molecule has 0 radical (unpaired) electrons. The normalized spacial score (nSPS) is 41.1. The number of fused-ring (bicyclic) bond motifs is 7. The van der Waals surface area contributed by atoms with Gasteiger partial charge < -0.3 is 9.47 Å². The van der Waals surface area contributed by atoms with E-state index < -0.39 is 0 Å². The SMILES string of the molecule is C=C(C)[C@@H]1CC[C@]2(COC(=O)c3ccncc3)CC[C@]3(C)[C@H](CC[C@@H]4[C@@]5(C)CC[C@H](OC(=O)c6ccncc6)C(C)(C)[C@H]5CC[C@]43C)[C@H]12.